The minimum atomic E-state index is 0.0963. The summed E-state index contributed by atoms with van der Waals surface area (Å²) in [5.41, 5.74) is 25.7. The summed E-state index contributed by atoms with van der Waals surface area (Å²) >= 11 is 0. The summed E-state index contributed by atoms with van der Waals surface area (Å²) in [5.74, 6) is 0.791. The van der Waals surface area contributed by atoms with E-state index in [-0.39, 0.29) is 5.92 Å². The molecule has 0 radical (unpaired) electrons. The second-order valence-electron chi connectivity index (χ2n) is 22.8. The van der Waals surface area contributed by atoms with Crippen molar-refractivity contribution in [2.75, 3.05) is 0 Å². The summed E-state index contributed by atoms with van der Waals surface area (Å²) in [6, 6.07) is 111. The van der Waals surface area contributed by atoms with Crippen LogP contribution in [0.5, 0.6) is 0 Å². The molecule has 18 rings (SSSR count). The summed E-state index contributed by atoms with van der Waals surface area (Å²) < 4.78 is 7.14. The maximum absolute atomic E-state index is 5.39. The molecule has 4 aromatic heterocycles. The molecule has 0 saturated carbocycles. The zero-order valence-electron chi connectivity index (χ0n) is 46.7. The Labute approximate surface area is 496 Å². The molecule has 13 aromatic carbocycles. The second-order valence-corrected chi connectivity index (χ2v) is 22.8. The van der Waals surface area contributed by atoms with E-state index in [0.717, 1.165) is 50.1 Å². The predicted octanol–water partition coefficient (Wildman–Crippen LogP) is 20.7. The molecule has 0 aliphatic heterocycles. The van der Waals surface area contributed by atoms with Gasteiger partial charge in [0, 0.05) is 71.8 Å². The third-order valence-corrected chi connectivity index (χ3v) is 18.1. The van der Waals surface area contributed by atoms with Gasteiger partial charge in [-0.2, -0.15) is 0 Å². The first-order valence-corrected chi connectivity index (χ1v) is 29.6. The van der Waals surface area contributed by atoms with E-state index in [1.807, 2.05) is 0 Å². The van der Waals surface area contributed by atoms with Gasteiger partial charge in [-0.25, -0.2) is 9.97 Å². The highest BCUT2D eigenvalue weighted by atomic mass is 15.0. The van der Waals surface area contributed by atoms with Gasteiger partial charge in [0.1, 0.15) is 0 Å². The van der Waals surface area contributed by atoms with Crippen LogP contribution in [0.2, 0.25) is 0 Å². The van der Waals surface area contributed by atoms with Crippen LogP contribution in [-0.2, 0) is 0 Å². The maximum atomic E-state index is 5.39. The van der Waals surface area contributed by atoms with E-state index in [0.29, 0.717) is 5.82 Å². The SMILES string of the molecule is c1ccc(-n2c3ccccc3c3cc(-c4ccc5c(c4)-c4ccccc4C5c4ccc(-c5nc(-c6ccc(-n7c8ccccc8c8cc(-c9ccc%10c(c9)c9ccccc9n%10-c9ccccc9)ccc87)cc6)nc6ccccc56)cc4)ccc32)cc1. The van der Waals surface area contributed by atoms with E-state index in [9.17, 15) is 0 Å². The van der Waals surface area contributed by atoms with Crippen LogP contribution in [0.25, 0.3) is 149 Å². The maximum Gasteiger partial charge on any atom is 0.160 e. The highest BCUT2D eigenvalue weighted by molar-refractivity contribution is 6.14. The average molecular weight is 1090 g/mol. The molecule has 1 aliphatic rings. The molecular formula is C81H51N5. The summed E-state index contributed by atoms with van der Waals surface area (Å²) in [6.45, 7) is 0. The van der Waals surface area contributed by atoms with E-state index in [1.54, 1.807) is 0 Å². The normalized spacial score (nSPS) is 13.0. The van der Waals surface area contributed by atoms with Crippen molar-refractivity contribution in [1.29, 1.82) is 0 Å². The third kappa shape index (κ3) is 7.44. The number of para-hydroxylation sites is 6. The second kappa shape index (κ2) is 19.1. The van der Waals surface area contributed by atoms with Crippen LogP contribution in [0.15, 0.2) is 303 Å². The molecule has 17 aromatic rings. The Morgan fingerprint density at radius 3 is 1.19 bits per heavy atom. The van der Waals surface area contributed by atoms with Crippen LogP contribution in [0.1, 0.15) is 22.6 Å². The van der Waals surface area contributed by atoms with Gasteiger partial charge in [-0.15, -0.1) is 0 Å². The average Bonchev–Trinajstić information content (AvgIpc) is 2.68. The Bertz CT molecular complexity index is 5570. The first-order chi connectivity index (χ1) is 42.6. The lowest BCUT2D eigenvalue weighted by Gasteiger charge is -2.16. The number of fused-ring (bicyclic) bond motifs is 13. The Morgan fingerprint density at radius 1 is 0.244 bits per heavy atom. The van der Waals surface area contributed by atoms with Gasteiger partial charge < -0.3 is 13.7 Å². The smallest absolute Gasteiger partial charge is 0.160 e. The van der Waals surface area contributed by atoms with E-state index in [4.69, 9.17) is 9.97 Å². The van der Waals surface area contributed by atoms with Crippen molar-refractivity contribution in [3.8, 4) is 73.1 Å². The van der Waals surface area contributed by atoms with Crippen LogP contribution in [0, 0.1) is 0 Å². The van der Waals surface area contributed by atoms with Crippen LogP contribution in [0.4, 0.5) is 0 Å². The number of hydrogen-bond donors (Lipinski definition) is 0. The van der Waals surface area contributed by atoms with Crippen LogP contribution >= 0.6 is 0 Å². The number of hydrogen-bond acceptors (Lipinski definition) is 2. The Balaban J connectivity index is 0.666. The van der Waals surface area contributed by atoms with Crippen molar-refractivity contribution in [3.63, 3.8) is 0 Å². The number of aromatic nitrogens is 5. The molecule has 0 bridgehead atoms. The number of benzene rings is 13. The van der Waals surface area contributed by atoms with Gasteiger partial charge >= 0.3 is 0 Å². The van der Waals surface area contributed by atoms with Gasteiger partial charge in [-0.1, -0.05) is 188 Å². The largest absolute Gasteiger partial charge is 0.309 e. The van der Waals surface area contributed by atoms with Gasteiger partial charge in [0.05, 0.1) is 44.3 Å². The minimum Gasteiger partial charge on any atom is -0.309 e. The Hall–Kier alpha value is -11.4. The van der Waals surface area contributed by atoms with Crippen LogP contribution in [-0.4, -0.2) is 23.7 Å². The zero-order chi connectivity index (χ0) is 56.4. The van der Waals surface area contributed by atoms with E-state index in [1.165, 1.54) is 110 Å². The van der Waals surface area contributed by atoms with E-state index in [2.05, 4.69) is 317 Å². The topological polar surface area (TPSA) is 40.6 Å². The molecular weight excluding hydrogens is 1040 g/mol. The molecule has 0 spiro atoms. The van der Waals surface area contributed by atoms with Crippen molar-refractivity contribution >= 4 is 76.3 Å². The Morgan fingerprint density at radius 2 is 0.640 bits per heavy atom. The fraction of sp³-hybridized carbons (Fsp3) is 0.0123. The molecule has 0 N–H and O–H groups in total. The van der Waals surface area contributed by atoms with E-state index < -0.39 is 0 Å². The van der Waals surface area contributed by atoms with Crippen molar-refractivity contribution in [1.82, 2.24) is 23.7 Å². The lowest BCUT2D eigenvalue weighted by Crippen LogP contribution is -2.00. The van der Waals surface area contributed by atoms with Gasteiger partial charge in [-0.3, -0.25) is 0 Å². The summed E-state index contributed by atoms with van der Waals surface area (Å²) in [7, 11) is 0. The molecule has 1 unspecified atom stereocenters. The Kier molecular flexibility index (Phi) is 10.7. The van der Waals surface area contributed by atoms with Gasteiger partial charge in [0.25, 0.3) is 0 Å². The molecule has 5 heteroatoms. The standard InChI is InChI=1S/C81H51N5/c1-3-17-58(18-4-1)84-73-28-14-10-22-62(73)69-48-55(38-44-76(69)84)54-37-43-66-68(47-54)61-21-7-8-25-65(61)79(66)51-31-33-52(34-32-51)80-67-26-9-13-27-72(67)82-81(83-80)53-35-41-60(42-36-53)86-75-30-16-12-24-64(75)71-50-57(40-46-78(71)86)56-39-45-77-70(49-56)63-23-11-15-29-74(63)85(77)59-19-5-2-6-20-59/h1-50,79H. The number of rotatable bonds is 8. The molecule has 86 heavy (non-hydrogen) atoms. The van der Waals surface area contributed by atoms with Crippen LogP contribution < -0.4 is 0 Å². The lowest BCUT2D eigenvalue weighted by atomic mass is 9.88. The minimum absolute atomic E-state index is 0.0963. The van der Waals surface area contributed by atoms with E-state index >= 15 is 0 Å². The quantitative estimate of drug-likeness (QED) is 0.152. The molecule has 0 fully saturated rings. The molecule has 1 aliphatic carbocycles. The fourth-order valence-electron chi connectivity index (χ4n) is 14.2. The first kappa shape index (κ1) is 48.2. The highest BCUT2D eigenvalue weighted by Gasteiger charge is 2.30. The number of nitrogens with zero attached hydrogens (tertiary/aromatic N) is 5. The molecule has 5 nitrogen and oxygen atoms in total. The van der Waals surface area contributed by atoms with Crippen molar-refractivity contribution < 1.29 is 0 Å². The van der Waals surface area contributed by atoms with Gasteiger partial charge in [-0.05, 0) is 165 Å². The summed E-state index contributed by atoms with van der Waals surface area (Å²) in [6.07, 6.45) is 0. The van der Waals surface area contributed by atoms with Crippen molar-refractivity contribution in [3.05, 3.63) is 320 Å². The fourth-order valence-corrected chi connectivity index (χ4v) is 14.2. The predicted molar refractivity (Wildman–Crippen MR) is 357 cm³/mol. The summed E-state index contributed by atoms with van der Waals surface area (Å²) in [4.78, 5) is 10.6. The molecule has 4 heterocycles. The molecule has 0 saturated heterocycles. The lowest BCUT2D eigenvalue weighted by molar-refractivity contribution is 1.02. The highest BCUT2D eigenvalue weighted by Crippen LogP contribution is 2.50. The molecule has 0 amide bonds. The molecule has 400 valence electrons. The van der Waals surface area contributed by atoms with Crippen molar-refractivity contribution in [2.24, 2.45) is 0 Å². The monoisotopic (exact) mass is 1090 g/mol. The third-order valence-electron chi connectivity index (χ3n) is 18.1. The van der Waals surface area contributed by atoms with Gasteiger partial charge in [0.15, 0.2) is 5.82 Å². The van der Waals surface area contributed by atoms with Crippen LogP contribution in [0.3, 0.4) is 0 Å². The first-order valence-electron chi connectivity index (χ1n) is 29.6. The summed E-state index contributed by atoms with van der Waals surface area (Å²) in [5, 5.41) is 8.45. The molecule has 1 atom stereocenters. The zero-order valence-corrected chi connectivity index (χ0v) is 46.7. The van der Waals surface area contributed by atoms with Crippen molar-refractivity contribution in [2.45, 2.75) is 5.92 Å². The van der Waals surface area contributed by atoms with Gasteiger partial charge in [0.2, 0.25) is 0 Å².